The fourth-order valence-corrected chi connectivity index (χ4v) is 2.99. The molecular weight excluding hydrogens is 251 g/mol. The summed E-state index contributed by atoms with van der Waals surface area (Å²) in [6, 6.07) is -1.32. The molecule has 0 aromatic rings. The summed E-state index contributed by atoms with van der Waals surface area (Å²) in [6.45, 7) is 9.91. The molecule has 19 heavy (non-hydrogen) atoms. The first-order chi connectivity index (χ1) is 8.59. The highest BCUT2D eigenvalue weighted by atomic mass is 19.4. The van der Waals surface area contributed by atoms with Crippen molar-refractivity contribution in [3.63, 3.8) is 0 Å². The maximum Gasteiger partial charge on any atom is 0.404 e. The van der Waals surface area contributed by atoms with Crippen LogP contribution in [0.2, 0.25) is 0 Å². The Labute approximate surface area is 115 Å². The van der Waals surface area contributed by atoms with Crippen LogP contribution in [0, 0.1) is 11.8 Å². The van der Waals surface area contributed by atoms with E-state index in [1.807, 2.05) is 20.8 Å². The largest absolute Gasteiger partial charge is 0.404 e. The maximum atomic E-state index is 13.4. The van der Waals surface area contributed by atoms with Crippen LogP contribution in [0.5, 0.6) is 0 Å². The van der Waals surface area contributed by atoms with Crippen molar-refractivity contribution in [1.82, 2.24) is 4.90 Å². The van der Waals surface area contributed by atoms with Gasteiger partial charge in [0.1, 0.15) is 6.04 Å². The zero-order valence-corrected chi connectivity index (χ0v) is 12.8. The Kier molecular flexibility index (Phi) is 5.33. The molecule has 0 aliphatic heterocycles. The molecular formula is C15H28F3N. The summed E-state index contributed by atoms with van der Waals surface area (Å²) >= 11 is 0. The lowest BCUT2D eigenvalue weighted by Crippen LogP contribution is -2.58. The van der Waals surface area contributed by atoms with Crippen LogP contribution < -0.4 is 0 Å². The molecule has 0 aromatic carbocycles. The van der Waals surface area contributed by atoms with Gasteiger partial charge in [-0.3, -0.25) is 4.90 Å². The molecule has 0 aromatic heterocycles. The zero-order valence-electron chi connectivity index (χ0n) is 12.8. The molecule has 1 fully saturated rings. The van der Waals surface area contributed by atoms with E-state index in [1.54, 1.807) is 18.7 Å². The molecule has 1 aliphatic carbocycles. The second-order valence-electron chi connectivity index (χ2n) is 6.89. The maximum absolute atomic E-state index is 13.4. The highest BCUT2D eigenvalue weighted by molar-refractivity contribution is 4.94. The molecule has 0 heterocycles. The standard InChI is InChI=1S/C15H28F3N/c1-6-9-14(4,5)19(10-12-7-8-12)13(11(2)3)15(16,17)18/h11-13H,6-10H2,1-5H3/t13-/m0/s1. The van der Waals surface area contributed by atoms with Gasteiger partial charge in [0, 0.05) is 12.1 Å². The van der Waals surface area contributed by atoms with Crippen molar-refractivity contribution >= 4 is 0 Å². The molecule has 1 saturated carbocycles. The van der Waals surface area contributed by atoms with Gasteiger partial charge >= 0.3 is 6.18 Å². The molecule has 0 N–H and O–H groups in total. The molecule has 0 spiro atoms. The Balaban J connectivity index is 2.98. The number of alkyl halides is 3. The average molecular weight is 279 g/mol. The first kappa shape index (κ1) is 16.8. The molecule has 0 unspecified atom stereocenters. The summed E-state index contributed by atoms with van der Waals surface area (Å²) < 4.78 is 40.3. The van der Waals surface area contributed by atoms with Gasteiger partial charge in [-0.15, -0.1) is 0 Å². The van der Waals surface area contributed by atoms with E-state index >= 15 is 0 Å². The van der Waals surface area contributed by atoms with E-state index in [1.165, 1.54) is 0 Å². The summed E-state index contributed by atoms with van der Waals surface area (Å²) in [4.78, 5) is 1.73. The minimum absolute atomic E-state index is 0.387. The van der Waals surface area contributed by atoms with Crippen molar-refractivity contribution in [2.24, 2.45) is 11.8 Å². The van der Waals surface area contributed by atoms with Gasteiger partial charge in [-0.1, -0.05) is 27.2 Å². The predicted molar refractivity (Wildman–Crippen MR) is 73.1 cm³/mol. The van der Waals surface area contributed by atoms with Crippen LogP contribution in [0.15, 0.2) is 0 Å². The van der Waals surface area contributed by atoms with Crippen molar-refractivity contribution in [3.05, 3.63) is 0 Å². The third-order valence-corrected chi connectivity index (χ3v) is 4.09. The van der Waals surface area contributed by atoms with Gasteiger partial charge in [0.2, 0.25) is 0 Å². The summed E-state index contributed by atoms with van der Waals surface area (Å²) in [5.41, 5.74) is -0.387. The van der Waals surface area contributed by atoms with Crippen LogP contribution >= 0.6 is 0 Å². The van der Waals surface area contributed by atoms with E-state index in [0.717, 1.165) is 25.7 Å². The van der Waals surface area contributed by atoms with Crippen molar-refractivity contribution in [2.45, 2.75) is 78.1 Å². The SMILES string of the molecule is CCCC(C)(C)N(CC1CC1)[C@@H](C(C)C)C(F)(F)F. The Morgan fingerprint density at radius 3 is 2.00 bits per heavy atom. The van der Waals surface area contributed by atoms with Crippen molar-refractivity contribution in [1.29, 1.82) is 0 Å². The molecule has 1 aliphatic rings. The van der Waals surface area contributed by atoms with Crippen molar-refractivity contribution in [3.8, 4) is 0 Å². The Morgan fingerprint density at radius 1 is 1.16 bits per heavy atom. The summed E-state index contributed by atoms with van der Waals surface area (Å²) in [5.74, 6) is 0.0645. The van der Waals surface area contributed by atoms with E-state index in [0.29, 0.717) is 12.5 Å². The third kappa shape index (κ3) is 4.66. The van der Waals surface area contributed by atoms with E-state index in [4.69, 9.17) is 0 Å². The van der Waals surface area contributed by atoms with Gasteiger partial charge in [0.05, 0.1) is 0 Å². The monoisotopic (exact) mass is 279 g/mol. The molecule has 4 heteroatoms. The number of hydrogen-bond acceptors (Lipinski definition) is 1. The number of hydrogen-bond donors (Lipinski definition) is 0. The fraction of sp³-hybridized carbons (Fsp3) is 1.00. The van der Waals surface area contributed by atoms with E-state index in [9.17, 15) is 13.2 Å². The van der Waals surface area contributed by atoms with Gasteiger partial charge in [-0.05, 0) is 44.9 Å². The molecule has 1 atom stereocenters. The predicted octanol–water partition coefficient (Wildman–Crippen LogP) is 4.86. The van der Waals surface area contributed by atoms with Gasteiger partial charge in [-0.2, -0.15) is 13.2 Å². The first-order valence-electron chi connectivity index (χ1n) is 7.43. The number of nitrogens with zero attached hydrogens (tertiary/aromatic N) is 1. The van der Waals surface area contributed by atoms with Crippen LogP contribution in [0.25, 0.3) is 0 Å². The lowest BCUT2D eigenvalue weighted by atomic mass is 9.90. The second kappa shape index (κ2) is 6.02. The fourth-order valence-electron chi connectivity index (χ4n) is 2.99. The lowest BCUT2D eigenvalue weighted by Gasteiger charge is -2.46. The zero-order chi connectivity index (χ0) is 14.8. The number of rotatable bonds is 7. The van der Waals surface area contributed by atoms with Crippen LogP contribution in [0.3, 0.4) is 0 Å². The van der Waals surface area contributed by atoms with Gasteiger partial charge in [0.15, 0.2) is 0 Å². The topological polar surface area (TPSA) is 3.24 Å². The van der Waals surface area contributed by atoms with E-state index in [-0.39, 0.29) is 5.54 Å². The van der Waals surface area contributed by atoms with E-state index < -0.39 is 18.1 Å². The minimum Gasteiger partial charge on any atom is -0.287 e. The number of halogens is 3. The molecule has 0 amide bonds. The van der Waals surface area contributed by atoms with Crippen molar-refractivity contribution in [2.75, 3.05) is 6.54 Å². The Morgan fingerprint density at radius 2 is 1.68 bits per heavy atom. The molecule has 0 saturated heterocycles. The van der Waals surface area contributed by atoms with Crippen LogP contribution in [0.4, 0.5) is 13.2 Å². The van der Waals surface area contributed by atoms with Gasteiger partial charge in [0.25, 0.3) is 0 Å². The highest BCUT2D eigenvalue weighted by Gasteiger charge is 2.50. The normalized spacial score (nSPS) is 19.3. The molecule has 1 nitrogen and oxygen atoms in total. The van der Waals surface area contributed by atoms with Crippen LogP contribution in [-0.4, -0.2) is 29.2 Å². The minimum atomic E-state index is -4.14. The van der Waals surface area contributed by atoms with Crippen molar-refractivity contribution < 1.29 is 13.2 Å². The van der Waals surface area contributed by atoms with E-state index in [2.05, 4.69) is 0 Å². The molecule has 0 radical (unpaired) electrons. The summed E-state index contributed by atoms with van der Waals surface area (Å²) in [6.07, 6.45) is -0.257. The Hall–Kier alpha value is -0.250. The van der Waals surface area contributed by atoms with Crippen LogP contribution in [-0.2, 0) is 0 Å². The third-order valence-electron chi connectivity index (χ3n) is 4.09. The first-order valence-corrected chi connectivity index (χ1v) is 7.43. The Bertz CT molecular complexity index is 280. The van der Waals surface area contributed by atoms with Crippen LogP contribution in [0.1, 0.15) is 60.3 Å². The molecule has 1 rings (SSSR count). The molecule has 114 valence electrons. The quantitative estimate of drug-likeness (QED) is 0.643. The van der Waals surface area contributed by atoms with Gasteiger partial charge < -0.3 is 0 Å². The highest BCUT2D eigenvalue weighted by Crippen LogP contribution is 2.40. The van der Waals surface area contributed by atoms with Gasteiger partial charge in [-0.25, -0.2) is 0 Å². The lowest BCUT2D eigenvalue weighted by molar-refractivity contribution is -0.210. The summed E-state index contributed by atoms with van der Waals surface area (Å²) in [7, 11) is 0. The summed E-state index contributed by atoms with van der Waals surface area (Å²) in [5, 5.41) is 0. The second-order valence-corrected chi connectivity index (χ2v) is 6.89. The molecule has 0 bridgehead atoms. The average Bonchev–Trinajstić information content (AvgIpc) is 2.97. The smallest absolute Gasteiger partial charge is 0.287 e.